The van der Waals surface area contributed by atoms with E-state index >= 15 is 0 Å². The summed E-state index contributed by atoms with van der Waals surface area (Å²) in [4.78, 5) is 21.9. The number of carbonyl (C=O) groups excluding carboxylic acids is 2. The van der Waals surface area contributed by atoms with Gasteiger partial charge in [-0.05, 0) is 99.6 Å². The number of unbranched alkanes of at least 4 members (excludes halogenated alkanes) is 6. The first-order valence-corrected chi connectivity index (χ1v) is 13.6. The first-order valence-electron chi connectivity index (χ1n) is 13.6. The van der Waals surface area contributed by atoms with Gasteiger partial charge >= 0.3 is 11.9 Å². The highest BCUT2D eigenvalue weighted by Gasteiger charge is 2.01. The van der Waals surface area contributed by atoms with Crippen molar-refractivity contribution >= 4 is 11.9 Å². The minimum absolute atomic E-state index is 0.359. The van der Waals surface area contributed by atoms with Crippen molar-refractivity contribution in [2.75, 3.05) is 26.4 Å². The van der Waals surface area contributed by atoms with Crippen molar-refractivity contribution < 1.29 is 28.5 Å². The minimum atomic E-state index is -0.359. The molecule has 38 heavy (non-hydrogen) atoms. The molecule has 0 saturated carbocycles. The number of benzene rings is 2. The molecule has 6 heteroatoms. The Morgan fingerprint density at radius 3 is 1.21 bits per heavy atom. The van der Waals surface area contributed by atoms with Gasteiger partial charge in [-0.2, -0.15) is 0 Å². The number of hydrogen-bond donors (Lipinski definition) is 0. The standard InChI is InChI=1S/C32H42O6/c1-3-31(33)37-25-11-7-5-9-23-35-29-19-15-27(16-20-29)13-14-28-17-21-30(22-18-28)36-24-10-6-8-12-26-38-32(34)4-2/h3-4,15-22H,1-2,5-14,23-26H2. The molecule has 0 saturated heterocycles. The Morgan fingerprint density at radius 1 is 0.526 bits per heavy atom. The molecule has 0 atom stereocenters. The van der Waals surface area contributed by atoms with Crippen molar-refractivity contribution in [2.45, 2.75) is 64.2 Å². The first-order chi connectivity index (χ1) is 18.6. The van der Waals surface area contributed by atoms with Crippen LogP contribution in [0.4, 0.5) is 0 Å². The number of esters is 2. The second-order valence-electron chi connectivity index (χ2n) is 9.06. The molecular weight excluding hydrogens is 480 g/mol. The highest BCUT2D eigenvalue weighted by atomic mass is 16.5. The fraction of sp³-hybridized carbons (Fsp3) is 0.438. The van der Waals surface area contributed by atoms with Crippen LogP contribution >= 0.6 is 0 Å². The summed E-state index contributed by atoms with van der Waals surface area (Å²) in [6.07, 6.45) is 12.1. The van der Waals surface area contributed by atoms with E-state index in [1.54, 1.807) is 0 Å². The summed E-state index contributed by atoms with van der Waals surface area (Å²) in [6.45, 7) is 9.03. The van der Waals surface area contributed by atoms with Gasteiger partial charge in [0.1, 0.15) is 11.5 Å². The van der Waals surface area contributed by atoms with Gasteiger partial charge in [0, 0.05) is 12.2 Å². The Bertz CT molecular complexity index is 869. The van der Waals surface area contributed by atoms with Crippen LogP contribution in [0, 0.1) is 0 Å². The largest absolute Gasteiger partial charge is 0.494 e. The van der Waals surface area contributed by atoms with Gasteiger partial charge in [0.15, 0.2) is 0 Å². The third kappa shape index (κ3) is 14.3. The van der Waals surface area contributed by atoms with Gasteiger partial charge in [0.05, 0.1) is 26.4 Å². The number of aryl methyl sites for hydroxylation is 2. The van der Waals surface area contributed by atoms with Crippen LogP contribution < -0.4 is 9.47 Å². The molecule has 0 unspecified atom stereocenters. The maximum atomic E-state index is 11.0. The molecule has 0 bridgehead atoms. The van der Waals surface area contributed by atoms with Crippen LogP contribution in [0.5, 0.6) is 11.5 Å². The molecule has 0 heterocycles. The molecule has 0 aliphatic rings. The molecule has 0 radical (unpaired) electrons. The third-order valence-electron chi connectivity index (χ3n) is 5.99. The predicted octanol–water partition coefficient (Wildman–Crippen LogP) is 6.81. The average Bonchev–Trinajstić information content (AvgIpc) is 2.95. The Kier molecular flexibility index (Phi) is 15.8. The van der Waals surface area contributed by atoms with Gasteiger partial charge in [-0.3, -0.25) is 0 Å². The highest BCUT2D eigenvalue weighted by molar-refractivity contribution is 5.81. The van der Waals surface area contributed by atoms with Crippen molar-refractivity contribution in [2.24, 2.45) is 0 Å². The number of ether oxygens (including phenoxy) is 4. The lowest BCUT2D eigenvalue weighted by molar-refractivity contribution is -0.138. The molecule has 0 aliphatic heterocycles. The van der Waals surface area contributed by atoms with E-state index in [2.05, 4.69) is 37.4 Å². The second kappa shape index (κ2) is 19.6. The fourth-order valence-electron chi connectivity index (χ4n) is 3.75. The Labute approximate surface area is 227 Å². The number of carbonyl (C=O) groups is 2. The van der Waals surface area contributed by atoms with E-state index in [9.17, 15) is 9.59 Å². The summed E-state index contributed by atoms with van der Waals surface area (Å²) in [5.74, 6) is 1.07. The van der Waals surface area contributed by atoms with Crippen molar-refractivity contribution in [1.29, 1.82) is 0 Å². The highest BCUT2D eigenvalue weighted by Crippen LogP contribution is 2.17. The molecule has 0 N–H and O–H groups in total. The number of rotatable bonds is 21. The summed E-state index contributed by atoms with van der Waals surface area (Å²) >= 11 is 0. The lowest BCUT2D eigenvalue weighted by atomic mass is 10.0. The predicted molar refractivity (Wildman–Crippen MR) is 151 cm³/mol. The van der Waals surface area contributed by atoms with Gasteiger partial charge in [-0.1, -0.05) is 37.4 Å². The molecule has 6 nitrogen and oxygen atoms in total. The normalized spacial score (nSPS) is 10.4. The summed E-state index contributed by atoms with van der Waals surface area (Å²) < 4.78 is 21.6. The van der Waals surface area contributed by atoms with Gasteiger partial charge in [0.25, 0.3) is 0 Å². The maximum absolute atomic E-state index is 11.0. The Hall–Kier alpha value is -3.54. The zero-order valence-electron chi connectivity index (χ0n) is 22.5. The Morgan fingerprint density at radius 2 is 0.868 bits per heavy atom. The van der Waals surface area contributed by atoms with Crippen molar-refractivity contribution in [1.82, 2.24) is 0 Å². The van der Waals surface area contributed by atoms with Gasteiger partial charge in [-0.15, -0.1) is 0 Å². The third-order valence-corrected chi connectivity index (χ3v) is 5.99. The van der Waals surface area contributed by atoms with Gasteiger partial charge in [0.2, 0.25) is 0 Å². The molecule has 0 fully saturated rings. The minimum Gasteiger partial charge on any atom is -0.494 e. The lowest BCUT2D eigenvalue weighted by Crippen LogP contribution is -2.02. The van der Waals surface area contributed by atoms with Crippen molar-refractivity contribution in [3.8, 4) is 11.5 Å². The van der Waals surface area contributed by atoms with Crippen LogP contribution in [-0.4, -0.2) is 38.4 Å². The summed E-state index contributed by atoms with van der Waals surface area (Å²) in [5, 5.41) is 0. The van der Waals surface area contributed by atoms with Crippen LogP contribution in [-0.2, 0) is 31.9 Å². The van der Waals surface area contributed by atoms with Crippen molar-refractivity contribution in [3.05, 3.63) is 85.0 Å². The van der Waals surface area contributed by atoms with E-state index in [0.29, 0.717) is 26.4 Å². The molecule has 0 aromatic heterocycles. The van der Waals surface area contributed by atoms with E-state index < -0.39 is 0 Å². The molecule has 206 valence electrons. The first kappa shape index (κ1) is 30.7. The van der Waals surface area contributed by atoms with Crippen LogP contribution in [0.15, 0.2) is 73.8 Å². The van der Waals surface area contributed by atoms with Gasteiger partial charge in [-0.25, -0.2) is 9.59 Å². The van der Waals surface area contributed by atoms with Crippen LogP contribution in [0.25, 0.3) is 0 Å². The molecular formula is C32H42O6. The molecule has 0 amide bonds. The lowest BCUT2D eigenvalue weighted by Gasteiger charge is -2.09. The van der Waals surface area contributed by atoms with E-state index in [0.717, 1.165) is 75.7 Å². The van der Waals surface area contributed by atoms with Crippen LogP contribution in [0.1, 0.15) is 62.5 Å². The summed E-state index contributed by atoms with van der Waals surface area (Å²) in [7, 11) is 0. The molecule has 2 aromatic rings. The zero-order chi connectivity index (χ0) is 27.3. The molecule has 0 spiro atoms. The van der Waals surface area contributed by atoms with E-state index in [4.69, 9.17) is 18.9 Å². The monoisotopic (exact) mass is 522 g/mol. The molecule has 2 rings (SSSR count). The van der Waals surface area contributed by atoms with Crippen LogP contribution in [0.3, 0.4) is 0 Å². The van der Waals surface area contributed by atoms with Crippen molar-refractivity contribution in [3.63, 3.8) is 0 Å². The topological polar surface area (TPSA) is 71.1 Å². The summed E-state index contributed by atoms with van der Waals surface area (Å²) in [5.41, 5.74) is 2.57. The Balaban J connectivity index is 1.52. The maximum Gasteiger partial charge on any atom is 0.330 e. The summed E-state index contributed by atoms with van der Waals surface area (Å²) in [6, 6.07) is 16.7. The molecule has 0 aliphatic carbocycles. The molecule has 2 aromatic carbocycles. The SMILES string of the molecule is C=CC(=O)OCCCCCCOc1ccc(CCc2ccc(OCCCCCCOC(=O)C=C)cc2)cc1. The smallest absolute Gasteiger partial charge is 0.330 e. The van der Waals surface area contributed by atoms with E-state index in [1.807, 2.05) is 24.3 Å². The zero-order valence-corrected chi connectivity index (χ0v) is 22.5. The second-order valence-corrected chi connectivity index (χ2v) is 9.06. The van der Waals surface area contributed by atoms with E-state index in [-0.39, 0.29) is 11.9 Å². The average molecular weight is 523 g/mol. The van der Waals surface area contributed by atoms with Crippen LogP contribution in [0.2, 0.25) is 0 Å². The van der Waals surface area contributed by atoms with Gasteiger partial charge < -0.3 is 18.9 Å². The van der Waals surface area contributed by atoms with E-state index in [1.165, 1.54) is 23.3 Å². The quantitative estimate of drug-likeness (QED) is 0.102. The fourth-order valence-corrected chi connectivity index (χ4v) is 3.75. The number of hydrogen-bond acceptors (Lipinski definition) is 6.